The Morgan fingerprint density at radius 3 is 2.82 bits per heavy atom. The third-order valence-electron chi connectivity index (χ3n) is 2.97. The van der Waals surface area contributed by atoms with Crippen LogP contribution in [0, 0.1) is 5.92 Å². The van der Waals surface area contributed by atoms with Gasteiger partial charge in [0.25, 0.3) is 0 Å². The predicted molar refractivity (Wildman–Crippen MR) is 65.2 cm³/mol. The van der Waals surface area contributed by atoms with Crippen LogP contribution in [0.2, 0.25) is 0 Å². The van der Waals surface area contributed by atoms with Crippen molar-refractivity contribution in [2.24, 2.45) is 11.7 Å². The first kappa shape index (κ1) is 12.2. The Morgan fingerprint density at radius 2 is 2.24 bits per heavy atom. The third-order valence-corrected chi connectivity index (χ3v) is 2.97. The van der Waals surface area contributed by atoms with Crippen molar-refractivity contribution in [3.8, 4) is 11.5 Å². The highest BCUT2D eigenvalue weighted by molar-refractivity contribution is 5.47. The fourth-order valence-electron chi connectivity index (χ4n) is 1.72. The fourth-order valence-corrected chi connectivity index (χ4v) is 1.72. The molecule has 1 fully saturated rings. The number of rotatable bonds is 6. The first-order valence-corrected chi connectivity index (χ1v) is 5.94. The zero-order chi connectivity index (χ0) is 12.3. The standard InChI is InChI=1S/C13H19NO3/c1-16-12-4-2-3-10(11(15)7-14)13(12)17-8-9-5-6-9/h2-4,9,11,15H,5-8,14H2,1H3. The molecule has 1 aromatic rings. The van der Waals surface area contributed by atoms with Crippen molar-refractivity contribution in [1.29, 1.82) is 0 Å². The molecular weight excluding hydrogens is 218 g/mol. The number of benzene rings is 1. The number of aliphatic hydroxyl groups excluding tert-OH is 1. The van der Waals surface area contributed by atoms with Crippen LogP contribution >= 0.6 is 0 Å². The van der Waals surface area contributed by atoms with E-state index in [0.717, 1.165) is 0 Å². The molecule has 17 heavy (non-hydrogen) atoms. The second kappa shape index (κ2) is 5.38. The Kier molecular flexibility index (Phi) is 3.86. The third kappa shape index (κ3) is 2.90. The summed E-state index contributed by atoms with van der Waals surface area (Å²) in [6.45, 7) is 0.859. The summed E-state index contributed by atoms with van der Waals surface area (Å²) in [6, 6.07) is 5.48. The molecule has 3 N–H and O–H groups in total. The van der Waals surface area contributed by atoms with Crippen LogP contribution in [-0.2, 0) is 0 Å². The molecule has 1 aromatic carbocycles. The Morgan fingerprint density at radius 1 is 1.47 bits per heavy atom. The lowest BCUT2D eigenvalue weighted by Crippen LogP contribution is -2.14. The summed E-state index contributed by atoms with van der Waals surface area (Å²) in [5.41, 5.74) is 6.19. The van der Waals surface area contributed by atoms with E-state index in [1.54, 1.807) is 7.11 Å². The molecule has 2 rings (SSSR count). The first-order valence-electron chi connectivity index (χ1n) is 5.94. The normalized spacial score (nSPS) is 16.6. The van der Waals surface area contributed by atoms with Crippen molar-refractivity contribution in [1.82, 2.24) is 0 Å². The van der Waals surface area contributed by atoms with Gasteiger partial charge in [0.2, 0.25) is 0 Å². The molecule has 0 radical (unpaired) electrons. The van der Waals surface area contributed by atoms with Crippen molar-refractivity contribution in [3.63, 3.8) is 0 Å². The quantitative estimate of drug-likeness (QED) is 0.786. The predicted octanol–water partition coefficient (Wildman–Crippen LogP) is 1.48. The lowest BCUT2D eigenvalue weighted by molar-refractivity contribution is 0.177. The summed E-state index contributed by atoms with van der Waals surface area (Å²) in [7, 11) is 1.60. The molecule has 0 amide bonds. The molecule has 1 atom stereocenters. The second-order valence-corrected chi connectivity index (χ2v) is 4.38. The molecular formula is C13H19NO3. The Labute approximate surface area is 101 Å². The smallest absolute Gasteiger partial charge is 0.166 e. The Hall–Kier alpha value is -1.26. The van der Waals surface area contributed by atoms with Gasteiger partial charge in [-0.25, -0.2) is 0 Å². The lowest BCUT2D eigenvalue weighted by atomic mass is 10.1. The van der Waals surface area contributed by atoms with Crippen LogP contribution in [0.3, 0.4) is 0 Å². The monoisotopic (exact) mass is 237 g/mol. The van der Waals surface area contributed by atoms with E-state index in [0.29, 0.717) is 29.6 Å². The van der Waals surface area contributed by atoms with E-state index in [2.05, 4.69) is 0 Å². The van der Waals surface area contributed by atoms with E-state index in [1.165, 1.54) is 12.8 Å². The van der Waals surface area contributed by atoms with Crippen LogP contribution in [0.25, 0.3) is 0 Å². The number of hydrogen-bond acceptors (Lipinski definition) is 4. The second-order valence-electron chi connectivity index (χ2n) is 4.38. The molecule has 1 aliphatic carbocycles. The van der Waals surface area contributed by atoms with Gasteiger partial charge in [0.05, 0.1) is 19.8 Å². The maximum Gasteiger partial charge on any atom is 0.166 e. The number of methoxy groups -OCH3 is 1. The largest absolute Gasteiger partial charge is 0.493 e. The van der Waals surface area contributed by atoms with Crippen molar-refractivity contribution >= 4 is 0 Å². The first-order chi connectivity index (χ1) is 8.26. The van der Waals surface area contributed by atoms with Crippen LogP contribution in [0.1, 0.15) is 24.5 Å². The molecule has 4 nitrogen and oxygen atoms in total. The number of ether oxygens (including phenoxy) is 2. The summed E-state index contributed by atoms with van der Waals surface area (Å²) in [4.78, 5) is 0. The number of aliphatic hydroxyl groups is 1. The number of nitrogens with two attached hydrogens (primary N) is 1. The van der Waals surface area contributed by atoms with Gasteiger partial charge in [-0.3, -0.25) is 0 Å². The Balaban J connectivity index is 2.21. The minimum absolute atomic E-state index is 0.174. The molecule has 1 unspecified atom stereocenters. The van der Waals surface area contributed by atoms with E-state index in [-0.39, 0.29) is 6.54 Å². The highest BCUT2D eigenvalue weighted by Gasteiger charge is 2.24. The van der Waals surface area contributed by atoms with Crippen LogP contribution in [-0.4, -0.2) is 25.4 Å². The van der Waals surface area contributed by atoms with E-state index in [1.807, 2.05) is 18.2 Å². The summed E-state index contributed by atoms with van der Waals surface area (Å²) < 4.78 is 11.0. The van der Waals surface area contributed by atoms with E-state index >= 15 is 0 Å². The minimum Gasteiger partial charge on any atom is -0.493 e. The summed E-state index contributed by atoms with van der Waals surface area (Å²) >= 11 is 0. The van der Waals surface area contributed by atoms with Crippen LogP contribution in [0.15, 0.2) is 18.2 Å². The minimum atomic E-state index is -0.709. The van der Waals surface area contributed by atoms with Crippen LogP contribution in [0.5, 0.6) is 11.5 Å². The van der Waals surface area contributed by atoms with Gasteiger partial charge in [-0.1, -0.05) is 12.1 Å². The van der Waals surface area contributed by atoms with Crippen LogP contribution in [0.4, 0.5) is 0 Å². The van der Waals surface area contributed by atoms with Crippen molar-refractivity contribution in [2.75, 3.05) is 20.3 Å². The number of para-hydroxylation sites is 1. The molecule has 0 saturated heterocycles. The molecule has 0 aromatic heterocycles. The summed E-state index contributed by atoms with van der Waals surface area (Å²) in [5.74, 6) is 1.93. The average Bonchev–Trinajstić information content (AvgIpc) is 3.18. The van der Waals surface area contributed by atoms with Crippen molar-refractivity contribution in [2.45, 2.75) is 18.9 Å². The molecule has 4 heteroatoms. The van der Waals surface area contributed by atoms with Gasteiger partial charge in [0.1, 0.15) is 0 Å². The Bertz CT molecular complexity index is 377. The van der Waals surface area contributed by atoms with Gasteiger partial charge >= 0.3 is 0 Å². The summed E-state index contributed by atoms with van der Waals surface area (Å²) in [6.07, 6.45) is 1.74. The van der Waals surface area contributed by atoms with Gasteiger partial charge in [-0.15, -0.1) is 0 Å². The van der Waals surface area contributed by atoms with Gasteiger partial charge in [0.15, 0.2) is 11.5 Å². The summed E-state index contributed by atoms with van der Waals surface area (Å²) in [5, 5.41) is 9.85. The highest BCUT2D eigenvalue weighted by Crippen LogP contribution is 2.37. The van der Waals surface area contributed by atoms with E-state index in [9.17, 15) is 5.11 Å². The zero-order valence-electron chi connectivity index (χ0n) is 10.1. The molecule has 0 bridgehead atoms. The lowest BCUT2D eigenvalue weighted by Gasteiger charge is -2.17. The molecule has 1 aliphatic rings. The average molecular weight is 237 g/mol. The topological polar surface area (TPSA) is 64.7 Å². The van der Waals surface area contributed by atoms with Gasteiger partial charge < -0.3 is 20.3 Å². The van der Waals surface area contributed by atoms with Crippen LogP contribution < -0.4 is 15.2 Å². The molecule has 0 heterocycles. The maximum absolute atomic E-state index is 9.85. The SMILES string of the molecule is COc1cccc(C(O)CN)c1OCC1CC1. The molecule has 94 valence electrons. The molecule has 0 spiro atoms. The molecule has 0 aliphatic heterocycles. The van der Waals surface area contributed by atoms with E-state index in [4.69, 9.17) is 15.2 Å². The van der Waals surface area contributed by atoms with Gasteiger partial charge in [-0.05, 0) is 24.8 Å². The van der Waals surface area contributed by atoms with Crippen molar-refractivity contribution < 1.29 is 14.6 Å². The maximum atomic E-state index is 9.85. The van der Waals surface area contributed by atoms with Crippen molar-refractivity contribution in [3.05, 3.63) is 23.8 Å². The van der Waals surface area contributed by atoms with E-state index < -0.39 is 6.10 Å². The van der Waals surface area contributed by atoms with Gasteiger partial charge in [0, 0.05) is 12.1 Å². The highest BCUT2D eigenvalue weighted by atomic mass is 16.5. The molecule has 1 saturated carbocycles. The van der Waals surface area contributed by atoms with Gasteiger partial charge in [-0.2, -0.15) is 0 Å². The fraction of sp³-hybridized carbons (Fsp3) is 0.538. The zero-order valence-corrected chi connectivity index (χ0v) is 10.1. The number of hydrogen-bond donors (Lipinski definition) is 2.